The Hall–Kier alpha value is -3.13. The van der Waals surface area contributed by atoms with Crippen LogP contribution in [0.2, 0.25) is 0 Å². The number of nitrogens with zero attached hydrogens (tertiary/aromatic N) is 1. The zero-order chi connectivity index (χ0) is 17.4. The lowest BCUT2D eigenvalue weighted by molar-refractivity contribution is -0.120. The van der Waals surface area contributed by atoms with Crippen LogP contribution in [-0.4, -0.2) is 23.5 Å². The first kappa shape index (κ1) is 15.4. The van der Waals surface area contributed by atoms with E-state index in [1.165, 1.54) is 0 Å². The molecule has 0 saturated heterocycles. The Morgan fingerprint density at radius 3 is 2.64 bits per heavy atom. The van der Waals surface area contributed by atoms with E-state index in [1.54, 1.807) is 0 Å². The second-order valence-corrected chi connectivity index (χ2v) is 6.04. The van der Waals surface area contributed by atoms with Gasteiger partial charge in [0.2, 0.25) is 12.7 Å². The molecule has 0 aliphatic carbocycles. The van der Waals surface area contributed by atoms with Crippen LogP contribution in [0.15, 0.2) is 41.5 Å². The van der Waals surface area contributed by atoms with Crippen molar-refractivity contribution in [1.82, 2.24) is 5.43 Å². The molecule has 2 aromatic carbocycles. The Bertz CT molecular complexity index is 909. The van der Waals surface area contributed by atoms with Gasteiger partial charge < -0.3 is 20.5 Å². The fourth-order valence-corrected chi connectivity index (χ4v) is 2.93. The van der Waals surface area contributed by atoms with E-state index < -0.39 is 0 Å². The summed E-state index contributed by atoms with van der Waals surface area (Å²) >= 11 is 4.83. The van der Waals surface area contributed by atoms with Crippen LogP contribution >= 0.6 is 12.2 Å². The van der Waals surface area contributed by atoms with Gasteiger partial charge in [0.15, 0.2) is 16.6 Å². The molecular formula is C17H14N4O3S. The van der Waals surface area contributed by atoms with Crippen molar-refractivity contribution in [2.75, 3.05) is 12.1 Å². The molecule has 25 heavy (non-hydrogen) atoms. The fourth-order valence-electron chi connectivity index (χ4n) is 2.82. The molecule has 4 rings (SSSR count). The highest BCUT2D eigenvalue weighted by atomic mass is 32.1. The average molecular weight is 354 g/mol. The largest absolute Gasteiger partial charge is 0.454 e. The number of nitrogens with one attached hydrogen (secondary N) is 2. The number of carbonyl (C=O) groups is 1. The van der Waals surface area contributed by atoms with Gasteiger partial charge in [-0.1, -0.05) is 12.1 Å². The molecule has 7 nitrogen and oxygen atoms in total. The van der Waals surface area contributed by atoms with Crippen molar-refractivity contribution in [1.29, 1.82) is 0 Å². The van der Waals surface area contributed by atoms with Crippen LogP contribution in [0.1, 0.15) is 16.7 Å². The van der Waals surface area contributed by atoms with Crippen molar-refractivity contribution in [3.63, 3.8) is 0 Å². The van der Waals surface area contributed by atoms with Crippen LogP contribution in [0.5, 0.6) is 11.5 Å². The van der Waals surface area contributed by atoms with E-state index in [1.807, 2.05) is 36.4 Å². The van der Waals surface area contributed by atoms with E-state index in [0.29, 0.717) is 17.2 Å². The Balaban J connectivity index is 1.77. The number of hydrazone groups is 1. The average Bonchev–Trinajstić information content (AvgIpc) is 2.96. The Morgan fingerprint density at radius 1 is 1.20 bits per heavy atom. The van der Waals surface area contributed by atoms with Crippen molar-refractivity contribution in [2.24, 2.45) is 10.8 Å². The maximum Gasteiger partial charge on any atom is 0.244 e. The van der Waals surface area contributed by atoms with Crippen LogP contribution in [0.25, 0.3) is 0 Å². The zero-order valence-corrected chi connectivity index (χ0v) is 13.9. The first-order valence-corrected chi connectivity index (χ1v) is 7.97. The van der Waals surface area contributed by atoms with Gasteiger partial charge in [0, 0.05) is 16.8 Å². The van der Waals surface area contributed by atoms with E-state index >= 15 is 0 Å². The predicted octanol–water partition coefficient (Wildman–Crippen LogP) is 1.50. The number of amides is 1. The van der Waals surface area contributed by atoms with Gasteiger partial charge in [-0.2, -0.15) is 5.10 Å². The number of rotatable bonds is 2. The standard InChI is InChI=1S/C17H14N4O3S/c18-17(25)19-11-3-1-9(2-4-11)16-12-7-14-13(23-8-24-14)5-10(12)6-15(22)20-21-16/h1-5,7H,6,8H2,(H,20,22)(H3,18,19,25). The Kier molecular flexibility index (Phi) is 3.73. The molecule has 1 amide bonds. The third kappa shape index (κ3) is 2.99. The molecule has 2 heterocycles. The summed E-state index contributed by atoms with van der Waals surface area (Å²) in [5, 5.41) is 7.35. The molecule has 0 fully saturated rings. The molecule has 0 saturated carbocycles. The Morgan fingerprint density at radius 2 is 1.92 bits per heavy atom. The minimum atomic E-state index is -0.179. The van der Waals surface area contributed by atoms with Gasteiger partial charge in [-0.3, -0.25) is 4.79 Å². The minimum Gasteiger partial charge on any atom is -0.454 e. The molecule has 0 bridgehead atoms. The summed E-state index contributed by atoms with van der Waals surface area (Å²) in [5.74, 6) is 1.11. The third-order valence-corrected chi connectivity index (χ3v) is 4.02. The molecule has 0 spiro atoms. The normalized spacial score (nSPS) is 14.9. The maximum absolute atomic E-state index is 12.0. The fraction of sp³-hybridized carbons (Fsp3) is 0.118. The summed E-state index contributed by atoms with van der Waals surface area (Å²) in [6.45, 7) is 0.177. The van der Waals surface area contributed by atoms with Crippen LogP contribution in [-0.2, 0) is 11.2 Å². The summed E-state index contributed by atoms with van der Waals surface area (Å²) in [4.78, 5) is 12.0. The molecule has 8 heteroatoms. The second kappa shape index (κ2) is 6.06. The van der Waals surface area contributed by atoms with Gasteiger partial charge in [0.1, 0.15) is 0 Å². The van der Waals surface area contributed by atoms with Crippen molar-refractivity contribution in [2.45, 2.75) is 6.42 Å². The molecule has 126 valence electrons. The van der Waals surface area contributed by atoms with E-state index in [9.17, 15) is 4.79 Å². The van der Waals surface area contributed by atoms with Crippen LogP contribution in [0, 0.1) is 0 Å². The van der Waals surface area contributed by atoms with E-state index in [-0.39, 0.29) is 24.2 Å². The molecule has 4 N–H and O–H groups in total. The second-order valence-electron chi connectivity index (χ2n) is 5.60. The lowest BCUT2D eigenvalue weighted by atomic mass is 9.95. The molecule has 2 aliphatic heterocycles. The summed E-state index contributed by atoms with van der Waals surface area (Å²) in [6.07, 6.45) is 0.222. The number of hydrogen-bond donors (Lipinski definition) is 3. The molecule has 0 unspecified atom stereocenters. The van der Waals surface area contributed by atoms with Crippen molar-refractivity contribution < 1.29 is 14.3 Å². The highest BCUT2D eigenvalue weighted by Gasteiger charge is 2.24. The number of fused-ring (bicyclic) bond motifs is 2. The lowest BCUT2D eigenvalue weighted by Gasteiger charge is -2.11. The number of anilines is 1. The molecule has 0 atom stereocenters. The number of ether oxygens (including phenoxy) is 2. The number of benzene rings is 2. The van der Waals surface area contributed by atoms with Gasteiger partial charge in [-0.05, 0) is 42.0 Å². The summed E-state index contributed by atoms with van der Waals surface area (Å²) in [7, 11) is 0. The third-order valence-electron chi connectivity index (χ3n) is 3.92. The molecule has 2 aliphatic rings. The van der Waals surface area contributed by atoms with Gasteiger partial charge in [0.25, 0.3) is 0 Å². The number of carbonyl (C=O) groups excluding carboxylic acids is 1. The molecular weight excluding hydrogens is 340 g/mol. The van der Waals surface area contributed by atoms with E-state index in [0.717, 1.165) is 22.4 Å². The SMILES string of the molecule is NC(=S)Nc1ccc(C2=NNC(=O)Cc3cc4c(cc32)OCO4)cc1. The van der Waals surface area contributed by atoms with Crippen LogP contribution < -0.4 is 25.9 Å². The quantitative estimate of drug-likeness (QED) is 0.707. The first-order chi connectivity index (χ1) is 12.1. The van der Waals surface area contributed by atoms with Crippen molar-refractivity contribution in [3.8, 4) is 11.5 Å². The highest BCUT2D eigenvalue weighted by Crippen LogP contribution is 2.36. The highest BCUT2D eigenvalue weighted by molar-refractivity contribution is 7.80. The van der Waals surface area contributed by atoms with Crippen molar-refractivity contribution >= 4 is 34.6 Å². The molecule has 0 radical (unpaired) electrons. The van der Waals surface area contributed by atoms with Crippen LogP contribution in [0.3, 0.4) is 0 Å². The first-order valence-electron chi connectivity index (χ1n) is 7.56. The molecule has 2 aromatic rings. The predicted molar refractivity (Wildman–Crippen MR) is 96.9 cm³/mol. The van der Waals surface area contributed by atoms with E-state index in [4.69, 9.17) is 27.4 Å². The topological polar surface area (TPSA) is 98.0 Å². The van der Waals surface area contributed by atoms with Crippen molar-refractivity contribution in [3.05, 3.63) is 53.1 Å². The van der Waals surface area contributed by atoms with Gasteiger partial charge in [-0.15, -0.1) is 0 Å². The Labute approximate surface area is 148 Å². The number of hydrogen-bond acceptors (Lipinski definition) is 5. The summed E-state index contributed by atoms with van der Waals surface area (Å²) in [6, 6.07) is 11.1. The smallest absolute Gasteiger partial charge is 0.244 e. The van der Waals surface area contributed by atoms with Gasteiger partial charge in [0.05, 0.1) is 12.1 Å². The summed E-state index contributed by atoms with van der Waals surface area (Å²) < 4.78 is 10.9. The zero-order valence-electron chi connectivity index (χ0n) is 13.0. The number of nitrogens with two attached hydrogens (primary N) is 1. The monoisotopic (exact) mass is 354 g/mol. The van der Waals surface area contributed by atoms with E-state index in [2.05, 4.69) is 15.8 Å². The summed E-state index contributed by atoms with van der Waals surface area (Å²) in [5.41, 5.74) is 12.0. The van der Waals surface area contributed by atoms with Gasteiger partial charge >= 0.3 is 0 Å². The number of thiocarbonyl (C=S) groups is 1. The lowest BCUT2D eigenvalue weighted by Crippen LogP contribution is -2.19. The minimum absolute atomic E-state index is 0.177. The van der Waals surface area contributed by atoms with Crippen LogP contribution in [0.4, 0.5) is 5.69 Å². The maximum atomic E-state index is 12.0. The van der Waals surface area contributed by atoms with Gasteiger partial charge in [-0.25, -0.2) is 5.43 Å². The molecule has 0 aromatic heterocycles.